The van der Waals surface area contributed by atoms with Gasteiger partial charge in [0.05, 0.1) is 6.61 Å². The van der Waals surface area contributed by atoms with Crippen LogP contribution in [0.4, 0.5) is 0 Å². The second-order valence-electron chi connectivity index (χ2n) is 4.83. The highest BCUT2D eigenvalue weighted by molar-refractivity contribution is 5.98. The summed E-state index contributed by atoms with van der Waals surface area (Å²) < 4.78 is 7.06. The van der Waals surface area contributed by atoms with Crippen molar-refractivity contribution in [3.8, 4) is 5.75 Å². The second kappa shape index (κ2) is 5.32. The zero-order valence-corrected chi connectivity index (χ0v) is 11.6. The number of carbonyl (C=O) groups excluding carboxylic acids is 2. The predicted octanol–water partition coefficient (Wildman–Crippen LogP) is 1.03. The number of benzene rings is 1. The minimum atomic E-state index is -0.361. The van der Waals surface area contributed by atoms with Crippen LogP contribution < -0.4 is 15.6 Å². The Hall–Kier alpha value is -2.76. The van der Waals surface area contributed by atoms with E-state index in [4.69, 9.17) is 4.74 Å². The molecule has 21 heavy (non-hydrogen) atoms. The Labute approximate surface area is 121 Å². The molecule has 1 aromatic heterocycles. The van der Waals surface area contributed by atoms with Gasteiger partial charge in [0.1, 0.15) is 11.4 Å². The summed E-state index contributed by atoms with van der Waals surface area (Å²) in [7, 11) is 1.76. The summed E-state index contributed by atoms with van der Waals surface area (Å²) in [5, 5.41) is 0. The summed E-state index contributed by atoms with van der Waals surface area (Å²) >= 11 is 0. The maximum atomic E-state index is 12.0. The molecule has 0 spiro atoms. The Kier molecular flexibility index (Phi) is 3.35. The minimum Gasteiger partial charge on any atom is -0.493 e. The monoisotopic (exact) mass is 285 g/mol. The molecule has 2 aromatic rings. The van der Waals surface area contributed by atoms with E-state index < -0.39 is 0 Å². The largest absolute Gasteiger partial charge is 0.493 e. The Morgan fingerprint density at radius 3 is 2.76 bits per heavy atom. The van der Waals surface area contributed by atoms with Crippen molar-refractivity contribution in [2.45, 2.75) is 6.42 Å². The van der Waals surface area contributed by atoms with Crippen molar-refractivity contribution in [3.63, 3.8) is 0 Å². The van der Waals surface area contributed by atoms with Crippen molar-refractivity contribution >= 4 is 11.8 Å². The quantitative estimate of drug-likeness (QED) is 0.810. The van der Waals surface area contributed by atoms with E-state index in [2.05, 4.69) is 10.9 Å². The number of aromatic nitrogens is 1. The van der Waals surface area contributed by atoms with Gasteiger partial charge in [0.2, 0.25) is 0 Å². The van der Waals surface area contributed by atoms with Gasteiger partial charge in [-0.2, -0.15) is 0 Å². The zero-order chi connectivity index (χ0) is 14.8. The summed E-state index contributed by atoms with van der Waals surface area (Å²) in [6.07, 6.45) is 2.56. The molecule has 2 amide bonds. The van der Waals surface area contributed by atoms with Crippen LogP contribution in [0.3, 0.4) is 0 Å². The number of aryl methyl sites for hydroxylation is 1. The van der Waals surface area contributed by atoms with Gasteiger partial charge >= 0.3 is 0 Å². The first-order chi connectivity index (χ1) is 10.1. The Bertz CT molecular complexity index is 706. The van der Waals surface area contributed by atoms with E-state index in [9.17, 15) is 9.59 Å². The van der Waals surface area contributed by atoms with Gasteiger partial charge in [-0.15, -0.1) is 0 Å². The lowest BCUT2D eigenvalue weighted by Crippen LogP contribution is -2.42. The molecule has 1 aromatic carbocycles. The number of hydrogen-bond acceptors (Lipinski definition) is 3. The van der Waals surface area contributed by atoms with Crippen LogP contribution in [0.5, 0.6) is 5.75 Å². The summed E-state index contributed by atoms with van der Waals surface area (Å²) in [4.78, 5) is 23.9. The Morgan fingerprint density at radius 1 is 1.19 bits per heavy atom. The molecule has 1 aliphatic rings. The predicted molar refractivity (Wildman–Crippen MR) is 76.0 cm³/mol. The first-order valence-corrected chi connectivity index (χ1v) is 6.63. The van der Waals surface area contributed by atoms with Gasteiger partial charge in [0.25, 0.3) is 11.8 Å². The number of nitrogens with zero attached hydrogens (tertiary/aromatic N) is 1. The van der Waals surface area contributed by atoms with Gasteiger partial charge < -0.3 is 9.30 Å². The van der Waals surface area contributed by atoms with Crippen LogP contribution in [-0.4, -0.2) is 23.0 Å². The van der Waals surface area contributed by atoms with E-state index in [0.29, 0.717) is 17.9 Å². The molecule has 1 aliphatic heterocycles. The first-order valence-electron chi connectivity index (χ1n) is 6.63. The normalized spacial score (nSPS) is 12.4. The van der Waals surface area contributed by atoms with Gasteiger partial charge in [-0.25, -0.2) is 0 Å². The molecule has 2 heterocycles. The minimum absolute atomic E-state index is 0.354. The van der Waals surface area contributed by atoms with E-state index in [1.165, 1.54) is 0 Å². The topological polar surface area (TPSA) is 72.4 Å². The molecule has 0 atom stereocenters. The molecular weight excluding hydrogens is 270 g/mol. The molecule has 0 radical (unpaired) electrons. The number of nitrogens with one attached hydrogen (secondary N) is 2. The van der Waals surface area contributed by atoms with Crippen LogP contribution in [0, 0.1) is 0 Å². The van der Waals surface area contributed by atoms with Gasteiger partial charge in [0, 0.05) is 25.2 Å². The number of hydrazine groups is 1. The van der Waals surface area contributed by atoms with Crippen molar-refractivity contribution in [3.05, 3.63) is 53.3 Å². The van der Waals surface area contributed by atoms with Crippen molar-refractivity contribution in [1.82, 2.24) is 15.4 Å². The van der Waals surface area contributed by atoms with Crippen molar-refractivity contribution < 1.29 is 14.3 Å². The van der Waals surface area contributed by atoms with E-state index in [-0.39, 0.29) is 11.8 Å². The van der Waals surface area contributed by atoms with Crippen LogP contribution in [0.1, 0.15) is 26.4 Å². The van der Waals surface area contributed by atoms with Crippen molar-refractivity contribution in [2.75, 3.05) is 6.61 Å². The number of carbonyl (C=O) groups is 2. The standard InChI is InChI=1S/C15H15N3O3/c1-18-7-2-3-12(18)15(20)17-16-14(19)11-4-5-13-10(9-11)6-8-21-13/h2-5,7,9H,6,8H2,1H3,(H,16,19)(H,17,20). The van der Waals surface area contributed by atoms with E-state index >= 15 is 0 Å². The van der Waals surface area contributed by atoms with Gasteiger partial charge in [-0.1, -0.05) is 0 Å². The van der Waals surface area contributed by atoms with Crippen LogP contribution in [0.25, 0.3) is 0 Å². The third kappa shape index (κ3) is 2.60. The highest BCUT2D eigenvalue weighted by atomic mass is 16.5. The van der Waals surface area contributed by atoms with Crippen molar-refractivity contribution in [1.29, 1.82) is 0 Å². The van der Waals surface area contributed by atoms with Gasteiger partial charge in [-0.3, -0.25) is 20.4 Å². The molecule has 3 rings (SSSR count). The fraction of sp³-hybridized carbons (Fsp3) is 0.200. The highest BCUT2D eigenvalue weighted by Crippen LogP contribution is 2.25. The third-order valence-electron chi connectivity index (χ3n) is 3.42. The number of ether oxygens (including phenoxy) is 1. The molecule has 2 N–H and O–H groups in total. The molecule has 0 fully saturated rings. The average Bonchev–Trinajstić information content (AvgIpc) is 3.11. The number of rotatable bonds is 2. The summed E-state index contributed by atoms with van der Waals surface area (Å²) in [5.74, 6) is 0.104. The second-order valence-corrected chi connectivity index (χ2v) is 4.83. The maximum Gasteiger partial charge on any atom is 0.286 e. The lowest BCUT2D eigenvalue weighted by molar-refractivity contribution is 0.0842. The molecule has 0 unspecified atom stereocenters. The molecule has 0 saturated carbocycles. The number of fused-ring (bicyclic) bond motifs is 1. The van der Waals surface area contributed by atoms with E-state index in [1.54, 1.807) is 48.1 Å². The average molecular weight is 285 g/mol. The Balaban J connectivity index is 1.64. The van der Waals surface area contributed by atoms with Crippen LogP contribution in [0.15, 0.2) is 36.5 Å². The maximum absolute atomic E-state index is 12.0. The zero-order valence-electron chi connectivity index (χ0n) is 11.6. The fourth-order valence-electron chi connectivity index (χ4n) is 2.27. The van der Waals surface area contributed by atoms with E-state index in [0.717, 1.165) is 17.7 Å². The number of hydrogen-bond donors (Lipinski definition) is 2. The van der Waals surface area contributed by atoms with Crippen LogP contribution >= 0.6 is 0 Å². The summed E-state index contributed by atoms with van der Waals surface area (Å²) in [6, 6.07) is 8.67. The molecule has 0 saturated heterocycles. The molecule has 0 aliphatic carbocycles. The SMILES string of the molecule is Cn1cccc1C(=O)NNC(=O)c1ccc2c(c1)CCO2. The lowest BCUT2D eigenvalue weighted by Gasteiger charge is -2.08. The molecule has 6 nitrogen and oxygen atoms in total. The smallest absolute Gasteiger partial charge is 0.286 e. The van der Waals surface area contributed by atoms with Crippen molar-refractivity contribution in [2.24, 2.45) is 7.05 Å². The van der Waals surface area contributed by atoms with Gasteiger partial charge in [0.15, 0.2) is 0 Å². The Morgan fingerprint density at radius 2 is 2.00 bits per heavy atom. The van der Waals surface area contributed by atoms with Crippen LogP contribution in [0.2, 0.25) is 0 Å². The van der Waals surface area contributed by atoms with Gasteiger partial charge in [-0.05, 0) is 35.9 Å². The number of amides is 2. The fourth-order valence-corrected chi connectivity index (χ4v) is 2.27. The third-order valence-corrected chi connectivity index (χ3v) is 3.42. The first kappa shape index (κ1) is 13.2. The molecule has 108 valence electrons. The van der Waals surface area contributed by atoms with Crippen LogP contribution in [-0.2, 0) is 13.5 Å². The summed E-state index contributed by atoms with van der Waals surface area (Å²) in [6.45, 7) is 0.643. The molecule has 0 bridgehead atoms. The molecular formula is C15H15N3O3. The molecule has 6 heteroatoms. The summed E-state index contributed by atoms with van der Waals surface area (Å²) in [5.41, 5.74) is 6.79. The van der Waals surface area contributed by atoms with E-state index in [1.807, 2.05) is 0 Å². The lowest BCUT2D eigenvalue weighted by atomic mass is 10.1. The highest BCUT2D eigenvalue weighted by Gasteiger charge is 2.16.